The largest absolute Gasteiger partial charge is 0.319 e. The molecule has 2 rings (SSSR count). The van der Waals surface area contributed by atoms with Crippen LogP contribution in [0.1, 0.15) is 17.8 Å². The number of thiazole rings is 1. The number of rotatable bonds is 4. The highest BCUT2D eigenvalue weighted by molar-refractivity contribution is 7.09. The number of hydrogen-bond acceptors (Lipinski definition) is 3. The van der Waals surface area contributed by atoms with Crippen molar-refractivity contribution < 1.29 is 0 Å². The van der Waals surface area contributed by atoms with Crippen molar-refractivity contribution >= 4 is 11.3 Å². The summed E-state index contributed by atoms with van der Waals surface area (Å²) in [5.41, 5.74) is 0.562. The normalized spacial score (nSPS) is 19.4. The zero-order valence-corrected chi connectivity index (χ0v) is 8.16. The number of nitrogens with one attached hydrogen (secondary N) is 1. The molecule has 0 bridgehead atoms. The molecule has 1 fully saturated rings. The third-order valence-electron chi connectivity index (χ3n) is 2.52. The van der Waals surface area contributed by atoms with E-state index in [1.807, 2.05) is 13.2 Å². The van der Waals surface area contributed by atoms with Crippen LogP contribution in [0.3, 0.4) is 0 Å². The second-order valence-corrected chi connectivity index (χ2v) is 4.61. The molecule has 3 heteroatoms. The minimum Gasteiger partial charge on any atom is -0.319 e. The Morgan fingerprint density at radius 2 is 2.50 bits per heavy atom. The van der Waals surface area contributed by atoms with Crippen molar-refractivity contribution in [2.75, 3.05) is 13.6 Å². The highest BCUT2D eigenvalue weighted by atomic mass is 32.1. The van der Waals surface area contributed by atoms with Crippen LogP contribution in [0.5, 0.6) is 0 Å². The van der Waals surface area contributed by atoms with Crippen molar-refractivity contribution in [2.45, 2.75) is 19.3 Å². The molecule has 0 atom stereocenters. The van der Waals surface area contributed by atoms with Crippen LogP contribution in [-0.4, -0.2) is 18.6 Å². The summed E-state index contributed by atoms with van der Waals surface area (Å²) in [4.78, 5) is 4.31. The molecule has 1 aromatic rings. The average molecular weight is 182 g/mol. The highest BCUT2D eigenvalue weighted by Gasteiger charge is 2.42. The fourth-order valence-electron chi connectivity index (χ4n) is 1.63. The molecule has 66 valence electrons. The molecule has 0 radical (unpaired) electrons. The van der Waals surface area contributed by atoms with E-state index >= 15 is 0 Å². The summed E-state index contributed by atoms with van der Waals surface area (Å²) < 4.78 is 0. The van der Waals surface area contributed by atoms with Crippen LogP contribution in [0, 0.1) is 5.41 Å². The molecular formula is C9H14N2S. The molecule has 1 aliphatic carbocycles. The van der Waals surface area contributed by atoms with Gasteiger partial charge in [-0.15, -0.1) is 11.3 Å². The predicted octanol–water partition coefficient (Wildman–Crippen LogP) is 1.69. The minimum absolute atomic E-state index is 0.562. The first-order valence-electron chi connectivity index (χ1n) is 4.38. The molecule has 12 heavy (non-hydrogen) atoms. The van der Waals surface area contributed by atoms with Crippen LogP contribution in [0.15, 0.2) is 11.6 Å². The molecule has 1 saturated carbocycles. The molecule has 1 heterocycles. The van der Waals surface area contributed by atoms with E-state index in [9.17, 15) is 0 Å². The van der Waals surface area contributed by atoms with Crippen molar-refractivity contribution in [3.63, 3.8) is 0 Å². The van der Waals surface area contributed by atoms with E-state index in [0.717, 1.165) is 6.54 Å². The van der Waals surface area contributed by atoms with E-state index in [-0.39, 0.29) is 0 Å². The summed E-state index contributed by atoms with van der Waals surface area (Å²) >= 11 is 1.78. The van der Waals surface area contributed by atoms with Crippen molar-refractivity contribution in [1.29, 1.82) is 0 Å². The molecule has 0 amide bonds. The van der Waals surface area contributed by atoms with Gasteiger partial charge in [0.15, 0.2) is 0 Å². The van der Waals surface area contributed by atoms with E-state index in [1.54, 1.807) is 11.3 Å². The molecule has 2 nitrogen and oxygen atoms in total. The van der Waals surface area contributed by atoms with Gasteiger partial charge in [-0.3, -0.25) is 0 Å². The zero-order chi connectivity index (χ0) is 8.44. The van der Waals surface area contributed by atoms with Crippen LogP contribution in [0.25, 0.3) is 0 Å². The molecule has 0 unspecified atom stereocenters. The van der Waals surface area contributed by atoms with Gasteiger partial charge in [0.2, 0.25) is 0 Å². The van der Waals surface area contributed by atoms with Gasteiger partial charge in [-0.1, -0.05) is 0 Å². The van der Waals surface area contributed by atoms with Gasteiger partial charge in [-0.05, 0) is 25.3 Å². The molecule has 0 saturated heterocycles. The molecule has 1 aliphatic rings. The molecule has 1 aromatic heterocycles. The molecule has 1 N–H and O–H groups in total. The maximum atomic E-state index is 4.31. The van der Waals surface area contributed by atoms with Gasteiger partial charge in [0, 0.05) is 24.5 Å². The third-order valence-corrected chi connectivity index (χ3v) is 3.30. The van der Waals surface area contributed by atoms with Gasteiger partial charge in [0.05, 0.1) is 5.01 Å². The first-order valence-corrected chi connectivity index (χ1v) is 5.26. The Kier molecular flexibility index (Phi) is 2.15. The average Bonchev–Trinajstić information content (AvgIpc) is 2.63. The van der Waals surface area contributed by atoms with E-state index < -0.39 is 0 Å². The molecule has 0 aromatic carbocycles. The van der Waals surface area contributed by atoms with Gasteiger partial charge in [0.1, 0.15) is 0 Å². The summed E-state index contributed by atoms with van der Waals surface area (Å²) in [7, 11) is 2.03. The number of hydrogen-bond donors (Lipinski definition) is 1. The summed E-state index contributed by atoms with van der Waals surface area (Å²) in [6.45, 7) is 1.15. The monoisotopic (exact) mass is 182 g/mol. The predicted molar refractivity (Wildman–Crippen MR) is 51.4 cm³/mol. The van der Waals surface area contributed by atoms with Crippen LogP contribution < -0.4 is 5.32 Å². The van der Waals surface area contributed by atoms with Gasteiger partial charge in [-0.25, -0.2) is 4.98 Å². The molecule has 0 aliphatic heterocycles. The van der Waals surface area contributed by atoms with Gasteiger partial charge in [0.25, 0.3) is 0 Å². The van der Waals surface area contributed by atoms with Crippen molar-refractivity contribution in [2.24, 2.45) is 5.41 Å². The highest BCUT2D eigenvalue weighted by Crippen LogP contribution is 2.47. The maximum absolute atomic E-state index is 4.31. The zero-order valence-electron chi connectivity index (χ0n) is 7.34. The fraction of sp³-hybridized carbons (Fsp3) is 0.667. The lowest BCUT2D eigenvalue weighted by molar-refractivity contribution is 0.477. The Balaban J connectivity index is 1.94. The van der Waals surface area contributed by atoms with Crippen LogP contribution in [0.4, 0.5) is 0 Å². The van der Waals surface area contributed by atoms with Crippen molar-refractivity contribution in [3.05, 3.63) is 16.6 Å². The van der Waals surface area contributed by atoms with Crippen LogP contribution in [0.2, 0.25) is 0 Å². The summed E-state index contributed by atoms with van der Waals surface area (Å²) in [6, 6.07) is 0. The Hall–Kier alpha value is -0.410. The van der Waals surface area contributed by atoms with Gasteiger partial charge < -0.3 is 5.32 Å². The first-order chi connectivity index (χ1) is 5.85. The Bertz CT molecular complexity index is 239. The van der Waals surface area contributed by atoms with E-state index in [1.165, 1.54) is 24.3 Å². The topological polar surface area (TPSA) is 24.9 Å². The number of nitrogens with zero attached hydrogens (tertiary/aromatic N) is 1. The van der Waals surface area contributed by atoms with Gasteiger partial charge in [-0.2, -0.15) is 0 Å². The Morgan fingerprint density at radius 3 is 3.00 bits per heavy atom. The second-order valence-electron chi connectivity index (χ2n) is 3.63. The fourth-order valence-corrected chi connectivity index (χ4v) is 2.42. The van der Waals surface area contributed by atoms with Gasteiger partial charge >= 0.3 is 0 Å². The lowest BCUT2D eigenvalue weighted by Crippen LogP contribution is -2.21. The van der Waals surface area contributed by atoms with E-state index in [4.69, 9.17) is 0 Å². The minimum atomic E-state index is 0.562. The second kappa shape index (κ2) is 3.15. The summed E-state index contributed by atoms with van der Waals surface area (Å²) in [6.07, 6.45) is 5.81. The summed E-state index contributed by atoms with van der Waals surface area (Å²) in [5.74, 6) is 0. The smallest absolute Gasteiger partial charge is 0.0930 e. The SMILES string of the molecule is CNCC1(Cc2nccs2)CC1. The van der Waals surface area contributed by atoms with E-state index in [0.29, 0.717) is 5.41 Å². The lowest BCUT2D eigenvalue weighted by Gasteiger charge is -2.11. The molecular weight excluding hydrogens is 168 g/mol. The van der Waals surface area contributed by atoms with Crippen molar-refractivity contribution in [1.82, 2.24) is 10.3 Å². The first kappa shape index (κ1) is 8.20. The van der Waals surface area contributed by atoms with Crippen molar-refractivity contribution in [3.8, 4) is 0 Å². The third kappa shape index (κ3) is 1.67. The van der Waals surface area contributed by atoms with E-state index in [2.05, 4.69) is 15.7 Å². The van der Waals surface area contributed by atoms with Crippen LogP contribution in [-0.2, 0) is 6.42 Å². The Morgan fingerprint density at radius 1 is 1.67 bits per heavy atom. The molecule has 0 spiro atoms. The Labute approximate surface area is 77.0 Å². The maximum Gasteiger partial charge on any atom is 0.0930 e. The quantitative estimate of drug-likeness (QED) is 0.766. The lowest BCUT2D eigenvalue weighted by atomic mass is 10.0. The standard InChI is InChI=1S/C9H14N2S/c1-10-7-9(2-3-9)6-8-11-4-5-12-8/h4-5,10H,2-3,6-7H2,1H3. The number of aromatic nitrogens is 1. The van der Waals surface area contributed by atoms with Crippen LogP contribution >= 0.6 is 11.3 Å². The summed E-state index contributed by atoms with van der Waals surface area (Å²) in [5, 5.41) is 6.61.